The van der Waals surface area contributed by atoms with Crippen molar-refractivity contribution in [3.63, 3.8) is 0 Å². The molecule has 3 rings (SSSR count). The van der Waals surface area contributed by atoms with E-state index in [1.165, 1.54) is 42.6 Å². The van der Waals surface area contributed by atoms with Gasteiger partial charge in [-0.1, -0.05) is 54.6 Å². The zero-order valence-corrected chi connectivity index (χ0v) is 13.1. The van der Waals surface area contributed by atoms with E-state index < -0.39 is 0 Å². The van der Waals surface area contributed by atoms with Gasteiger partial charge in [0.1, 0.15) is 0 Å². The second kappa shape index (κ2) is 6.44. The summed E-state index contributed by atoms with van der Waals surface area (Å²) >= 11 is 0. The van der Waals surface area contributed by atoms with E-state index in [9.17, 15) is 0 Å². The molecule has 2 aromatic carbocycles. The van der Waals surface area contributed by atoms with Gasteiger partial charge in [0, 0.05) is 12.6 Å². The fourth-order valence-electron chi connectivity index (χ4n) is 3.33. The molecule has 0 radical (unpaired) electrons. The van der Waals surface area contributed by atoms with Gasteiger partial charge < -0.3 is 4.90 Å². The van der Waals surface area contributed by atoms with E-state index in [1.54, 1.807) is 0 Å². The number of likely N-dealkylation sites (tertiary alicyclic amines) is 1. The molecule has 1 fully saturated rings. The maximum atomic E-state index is 2.61. The lowest BCUT2D eigenvalue weighted by Gasteiger charge is -2.35. The Hall–Kier alpha value is -1.60. The van der Waals surface area contributed by atoms with Crippen molar-refractivity contribution in [2.45, 2.75) is 38.6 Å². The summed E-state index contributed by atoms with van der Waals surface area (Å²) in [7, 11) is 0. The minimum atomic E-state index is 0.663. The van der Waals surface area contributed by atoms with E-state index in [2.05, 4.69) is 73.3 Å². The van der Waals surface area contributed by atoms with Gasteiger partial charge in [-0.15, -0.1) is 0 Å². The Bertz CT molecular complexity index is 556. The number of hydrogen-bond donors (Lipinski definition) is 0. The molecule has 0 aliphatic carbocycles. The first-order chi connectivity index (χ1) is 10.2. The van der Waals surface area contributed by atoms with Gasteiger partial charge in [0.05, 0.1) is 0 Å². The maximum Gasteiger partial charge on any atom is 0.00530 e. The molecule has 21 heavy (non-hydrogen) atoms. The van der Waals surface area contributed by atoms with Gasteiger partial charge in [-0.25, -0.2) is 0 Å². The number of nitrogens with zero attached hydrogens (tertiary/aromatic N) is 1. The topological polar surface area (TPSA) is 3.24 Å². The Morgan fingerprint density at radius 2 is 1.57 bits per heavy atom. The molecule has 0 aromatic heterocycles. The molecule has 110 valence electrons. The van der Waals surface area contributed by atoms with Crippen molar-refractivity contribution in [1.82, 2.24) is 4.90 Å². The predicted octanol–water partition coefficient (Wildman–Crippen LogP) is 4.94. The number of hydrogen-bond acceptors (Lipinski definition) is 1. The van der Waals surface area contributed by atoms with Crippen LogP contribution in [0, 0.1) is 0 Å². The normalized spacial score (nSPS) is 19.9. The lowest BCUT2D eigenvalue weighted by Crippen LogP contribution is -2.39. The highest BCUT2D eigenvalue weighted by Crippen LogP contribution is 2.29. The molecular formula is C20H25N. The van der Waals surface area contributed by atoms with Gasteiger partial charge in [0.25, 0.3) is 0 Å². The van der Waals surface area contributed by atoms with E-state index >= 15 is 0 Å². The molecule has 0 N–H and O–H groups in total. The molecule has 0 bridgehead atoms. The molecule has 1 atom stereocenters. The van der Waals surface area contributed by atoms with Crippen molar-refractivity contribution < 1.29 is 0 Å². The molecule has 0 saturated carbocycles. The lowest BCUT2D eigenvalue weighted by molar-refractivity contribution is 0.167. The van der Waals surface area contributed by atoms with Crippen LogP contribution >= 0.6 is 0 Å². The first-order valence-corrected chi connectivity index (χ1v) is 8.13. The van der Waals surface area contributed by atoms with Crippen LogP contribution < -0.4 is 0 Å². The van der Waals surface area contributed by atoms with Crippen molar-refractivity contribution in [3.8, 4) is 11.1 Å². The number of benzene rings is 2. The molecule has 1 unspecified atom stereocenters. The summed E-state index contributed by atoms with van der Waals surface area (Å²) in [6.07, 6.45) is 2.65. The molecule has 0 amide bonds. The molecule has 1 nitrogen and oxygen atoms in total. The molecule has 0 spiro atoms. The van der Waals surface area contributed by atoms with Crippen LogP contribution in [-0.2, 0) is 0 Å². The fourth-order valence-corrected chi connectivity index (χ4v) is 3.33. The largest absolute Gasteiger partial charge is 0.300 e. The number of rotatable bonds is 3. The first-order valence-electron chi connectivity index (χ1n) is 8.13. The second-order valence-electron chi connectivity index (χ2n) is 6.42. The second-order valence-corrected chi connectivity index (χ2v) is 6.42. The van der Waals surface area contributed by atoms with Crippen LogP contribution in [0.4, 0.5) is 0 Å². The standard InChI is InChI=1S/C20H25N/c1-16(2)21-14-6-9-20(15-21)19-12-10-18(11-13-19)17-7-4-3-5-8-17/h3-5,7-8,10-13,16,20H,6,9,14-15H2,1-2H3. The molecule has 1 heteroatoms. The van der Waals surface area contributed by atoms with E-state index in [1.807, 2.05) is 0 Å². The maximum absolute atomic E-state index is 2.61. The highest BCUT2D eigenvalue weighted by Gasteiger charge is 2.22. The quantitative estimate of drug-likeness (QED) is 0.769. The summed E-state index contributed by atoms with van der Waals surface area (Å²) in [6, 6.07) is 20.5. The molecule has 2 aromatic rings. The van der Waals surface area contributed by atoms with Gasteiger partial charge in [-0.3, -0.25) is 0 Å². The molecular weight excluding hydrogens is 254 g/mol. The van der Waals surface area contributed by atoms with Gasteiger partial charge in [0.15, 0.2) is 0 Å². The van der Waals surface area contributed by atoms with E-state index in [0.29, 0.717) is 12.0 Å². The molecule has 1 aliphatic rings. The number of piperidine rings is 1. The van der Waals surface area contributed by atoms with E-state index in [4.69, 9.17) is 0 Å². The zero-order valence-electron chi connectivity index (χ0n) is 13.1. The van der Waals surface area contributed by atoms with Crippen LogP contribution in [0.2, 0.25) is 0 Å². The van der Waals surface area contributed by atoms with Crippen molar-refractivity contribution in [2.75, 3.05) is 13.1 Å². The van der Waals surface area contributed by atoms with Crippen LogP contribution in [0.3, 0.4) is 0 Å². The smallest absolute Gasteiger partial charge is 0.00530 e. The third-order valence-corrected chi connectivity index (χ3v) is 4.67. The summed E-state index contributed by atoms with van der Waals surface area (Å²) < 4.78 is 0. The van der Waals surface area contributed by atoms with Crippen molar-refractivity contribution in [3.05, 3.63) is 60.2 Å². The summed E-state index contributed by atoms with van der Waals surface area (Å²) in [5, 5.41) is 0. The third kappa shape index (κ3) is 3.36. The van der Waals surface area contributed by atoms with Crippen LogP contribution in [-0.4, -0.2) is 24.0 Å². The molecule has 1 aliphatic heterocycles. The Morgan fingerprint density at radius 1 is 0.905 bits per heavy atom. The predicted molar refractivity (Wildman–Crippen MR) is 90.6 cm³/mol. The van der Waals surface area contributed by atoms with Crippen LogP contribution in [0.15, 0.2) is 54.6 Å². The summed E-state index contributed by atoms with van der Waals surface area (Å²) in [6.45, 7) is 7.08. The summed E-state index contributed by atoms with van der Waals surface area (Å²) in [5.74, 6) is 0.700. The Labute approximate surface area is 128 Å². The average molecular weight is 279 g/mol. The Balaban J connectivity index is 1.75. The average Bonchev–Trinajstić information content (AvgIpc) is 2.56. The minimum Gasteiger partial charge on any atom is -0.300 e. The van der Waals surface area contributed by atoms with Crippen LogP contribution in [0.1, 0.15) is 38.2 Å². The van der Waals surface area contributed by atoms with Crippen molar-refractivity contribution in [1.29, 1.82) is 0 Å². The highest BCUT2D eigenvalue weighted by molar-refractivity contribution is 5.63. The molecule has 1 heterocycles. The van der Waals surface area contributed by atoms with E-state index in [0.717, 1.165) is 0 Å². The van der Waals surface area contributed by atoms with Gasteiger partial charge in [-0.2, -0.15) is 0 Å². The molecule has 1 saturated heterocycles. The fraction of sp³-hybridized carbons (Fsp3) is 0.400. The van der Waals surface area contributed by atoms with E-state index in [-0.39, 0.29) is 0 Å². The monoisotopic (exact) mass is 279 g/mol. The van der Waals surface area contributed by atoms with Crippen molar-refractivity contribution >= 4 is 0 Å². The van der Waals surface area contributed by atoms with Gasteiger partial charge >= 0.3 is 0 Å². The lowest BCUT2D eigenvalue weighted by atomic mass is 9.89. The summed E-state index contributed by atoms with van der Waals surface area (Å²) in [4.78, 5) is 2.61. The van der Waals surface area contributed by atoms with Crippen molar-refractivity contribution in [2.24, 2.45) is 0 Å². The SMILES string of the molecule is CC(C)N1CCCC(c2ccc(-c3ccccc3)cc2)C1. The van der Waals surface area contributed by atoms with Crippen LogP contribution in [0.25, 0.3) is 11.1 Å². The van der Waals surface area contributed by atoms with Crippen LogP contribution in [0.5, 0.6) is 0 Å². The Morgan fingerprint density at radius 3 is 2.24 bits per heavy atom. The minimum absolute atomic E-state index is 0.663. The third-order valence-electron chi connectivity index (χ3n) is 4.67. The summed E-state index contributed by atoms with van der Waals surface area (Å²) in [5.41, 5.74) is 4.12. The highest BCUT2D eigenvalue weighted by atomic mass is 15.2. The Kier molecular flexibility index (Phi) is 4.40. The zero-order chi connectivity index (χ0) is 14.7. The van der Waals surface area contributed by atoms with Gasteiger partial charge in [-0.05, 0) is 55.8 Å². The first kappa shape index (κ1) is 14.3. The van der Waals surface area contributed by atoms with Gasteiger partial charge in [0.2, 0.25) is 0 Å².